The number of anilines is 2. The molecule has 0 aliphatic rings. The van der Waals surface area contributed by atoms with Crippen molar-refractivity contribution in [3.63, 3.8) is 0 Å². The van der Waals surface area contributed by atoms with Crippen molar-refractivity contribution in [3.8, 4) is 0 Å². The molecule has 0 atom stereocenters. The lowest BCUT2D eigenvalue weighted by Crippen LogP contribution is -2.16. The first-order valence-electron chi connectivity index (χ1n) is 6.00. The lowest BCUT2D eigenvalue weighted by atomic mass is 10.1. The van der Waals surface area contributed by atoms with Crippen molar-refractivity contribution < 1.29 is 9.59 Å². The molecule has 0 aliphatic heterocycles. The summed E-state index contributed by atoms with van der Waals surface area (Å²) in [6.45, 7) is 1.41. The normalized spacial score (nSPS) is 9.90. The van der Waals surface area contributed by atoms with E-state index in [1.54, 1.807) is 24.3 Å². The molecule has 2 N–H and O–H groups in total. The highest BCUT2D eigenvalue weighted by Gasteiger charge is 2.12. The van der Waals surface area contributed by atoms with Gasteiger partial charge in [0, 0.05) is 10.5 Å². The Labute approximate surface area is 130 Å². The largest absolute Gasteiger partial charge is 0.326 e. The fourth-order valence-corrected chi connectivity index (χ4v) is 2.25. The average molecular weight is 380 g/mol. The van der Waals surface area contributed by atoms with Crippen molar-refractivity contribution in [1.82, 2.24) is 0 Å². The second-order valence-corrected chi connectivity index (χ2v) is 5.32. The summed E-state index contributed by atoms with van der Waals surface area (Å²) >= 11 is 2.16. The van der Waals surface area contributed by atoms with Crippen LogP contribution in [0.3, 0.4) is 0 Å². The van der Waals surface area contributed by atoms with Crippen LogP contribution in [0.1, 0.15) is 17.3 Å². The molecule has 2 aromatic rings. The van der Waals surface area contributed by atoms with Crippen LogP contribution in [-0.2, 0) is 4.79 Å². The standard InChI is InChI=1S/C15H13IN2O2/c1-10(19)17-13-8-4-2-6-11(13)15(20)18-14-9-5-3-7-12(14)16/h2-9H,1H3,(H,17,19)(H,18,20). The molecule has 4 nitrogen and oxygen atoms in total. The third-order valence-electron chi connectivity index (χ3n) is 2.60. The van der Waals surface area contributed by atoms with Gasteiger partial charge in [0.05, 0.1) is 16.9 Å². The number of amides is 2. The maximum atomic E-state index is 12.3. The van der Waals surface area contributed by atoms with E-state index >= 15 is 0 Å². The Morgan fingerprint density at radius 2 is 1.50 bits per heavy atom. The topological polar surface area (TPSA) is 58.2 Å². The minimum atomic E-state index is -0.251. The molecule has 0 saturated carbocycles. The van der Waals surface area contributed by atoms with Gasteiger partial charge in [-0.2, -0.15) is 0 Å². The zero-order chi connectivity index (χ0) is 14.5. The Morgan fingerprint density at radius 1 is 0.900 bits per heavy atom. The van der Waals surface area contributed by atoms with Gasteiger partial charge in [-0.05, 0) is 46.9 Å². The maximum absolute atomic E-state index is 12.3. The summed E-state index contributed by atoms with van der Waals surface area (Å²) in [7, 11) is 0. The third kappa shape index (κ3) is 3.57. The molecule has 2 amide bonds. The molecule has 0 heterocycles. The summed E-state index contributed by atoms with van der Waals surface area (Å²) < 4.78 is 0.954. The van der Waals surface area contributed by atoms with Gasteiger partial charge in [0.15, 0.2) is 0 Å². The van der Waals surface area contributed by atoms with Gasteiger partial charge in [-0.3, -0.25) is 9.59 Å². The molecule has 0 aromatic heterocycles. The summed E-state index contributed by atoms with van der Waals surface area (Å²) in [6.07, 6.45) is 0. The summed E-state index contributed by atoms with van der Waals surface area (Å²) in [5.41, 5.74) is 1.68. The minimum absolute atomic E-state index is 0.209. The number of para-hydroxylation sites is 2. The SMILES string of the molecule is CC(=O)Nc1ccccc1C(=O)Nc1ccccc1I. The van der Waals surface area contributed by atoms with Crippen LogP contribution in [0.2, 0.25) is 0 Å². The average Bonchev–Trinajstić information content (AvgIpc) is 2.41. The molecule has 102 valence electrons. The van der Waals surface area contributed by atoms with E-state index in [1.807, 2.05) is 24.3 Å². The molecule has 0 bridgehead atoms. The van der Waals surface area contributed by atoms with Gasteiger partial charge in [-0.25, -0.2) is 0 Å². The van der Waals surface area contributed by atoms with Crippen molar-refractivity contribution in [2.24, 2.45) is 0 Å². The first-order valence-corrected chi connectivity index (χ1v) is 7.08. The molecule has 0 aliphatic carbocycles. The molecule has 0 unspecified atom stereocenters. The Morgan fingerprint density at radius 3 is 2.15 bits per heavy atom. The molecule has 0 spiro atoms. The van der Waals surface area contributed by atoms with Crippen LogP contribution in [0.4, 0.5) is 11.4 Å². The van der Waals surface area contributed by atoms with Crippen LogP contribution in [0, 0.1) is 3.57 Å². The van der Waals surface area contributed by atoms with Gasteiger partial charge >= 0.3 is 0 Å². The van der Waals surface area contributed by atoms with E-state index in [1.165, 1.54) is 6.92 Å². The van der Waals surface area contributed by atoms with Gasteiger partial charge < -0.3 is 10.6 Å². The van der Waals surface area contributed by atoms with E-state index in [0.29, 0.717) is 11.3 Å². The number of hydrogen-bond donors (Lipinski definition) is 2. The second-order valence-electron chi connectivity index (χ2n) is 4.16. The van der Waals surface area contributed by atoms with Crippen molar-refractivity contribution in [1.29, 1.82) is 0 Å². The lowest BCUT2D eigenvalue weighted by Gasteiger charge is -2.11. The first-order chi connectivity index (χ1) is 9.58. The van der Waals surface area contributed by atoms with E-state index < -0.39 is 0 Å². The fraction of sp³-hybridized carbons (Fsp3) is 0.0667. The zero-order valence-electron chi connectivity index (χ0n) is 10.8. The third-order valence-corrected chi connectivity index (χ3v) is 3.55. The van der Waals surface area contributed by atoms with Crippen molar-refractivity contribution >= 4 is 45.8 Å². The van der Waals surface area contributed by atoms with Crippen molar-refractivity contribution in [3.05, 3.63) is 57.7 Å². The lowest BCUT2D eigenvalue weighted by molar-refractivity contribution is -0.114. The van der Waals surface area contributed by atoms with E-state index in [4.69, 9.17) is 0 Å². The fourth-order valence-electron chi connectivity index (χ4n) is 1.73. The summed E-state index contributed by atoms with van der Waals surface area (Å²) in [5.74, 6) is -0.460. The Kier molecular flexibility index (Phi) is 4.73. The van der Waals surface area contributed by atoms with Crippen LogP contribution in [-0.4, -0.2) is 11.8 Å². The molecule has 5 heteroatoms. The molecular weight excluding hydrogens is 367 g/mol. The summed E-state index contributed by atoms with van der Waals surface area (Å²) in [6, 6.07) is 14.4. The van der Waals surface area contributed by atoms with Crippen LogP contribution >= 0.6 is 22.6 Å². The van der Waals surface area contributed by atoms with Crippen LogP contribution in [0.15, 0.2) is 48.5 Å². The number of halogens is 1. The zero-order valence-corrected chi connectivity index (χ0v) is 13.0. The van der Waals surface area contributed by atoms with Crippen molar-refractivity contribution in [2.75, 3.05) is 10.6 Å². The molecule has 2 rings (SSSR count). The molecule has 0 fully saturated rings. The minimum Gasteiger partial charge on any atom is -0.326 e. The van der Waals surface area contributed by atoms with Gasteiger partial charge in [-0.1, -0.05) is 24.3 Å². The molecule has 0 saturated heterocycles. The van der Waals surface area contributed by atoms with Crippen molar-refractivity contribution in [2.45, 2.75) is 6.92 Å². The number of benzene rings is 2. The predicted molar refractivity (Wildman–Crippen MR) is 87.9 cm³/mol. The Bertz CT molecular complexity index is 656. The number of rotatable bonds is 3. The van der Waals surface area contributed by atoms with Gasteiger partial charge in [0.25, 0.3) is 5.91 Å². The van der Waals surface area contributed by atoms with Gasteiger partial charge in [-0.15, -0.1) is 0 Å². The van der Waals surface area contributed by atoms with Gasteiger partial charge in [0.2, 0.25) is 5.91 Å². The molecule has 2 aromatic carbocycles. The summed E-state index contributed by atoms with van der Waals surface area (Å²) in [5, 5.41) is 5.50. The van der Waals surface area contributed by atoms with Gasteiger partial charge in [0.1, 0.15) is 0 Å². The number of hydrogen-bond acceptors (Lipinski definition) is 2. The predicted octanol–water partition coefficient (Wildman–Crippen LogP) is 3.50. The van der Waals surface area contributed by atoms with E-state index in [9.17, 15) is 9.59 Å². The first kappa shape index (κ1) is 14.5. The highest BCUT2D eigenvalue weighted by atomic mass is 127. The number of carbonyl (C=O) groups is 2. The van der Waals surface area contributed by atoms with Crippen LogP contribution < -0.4 is 10.6 Å². The number of carbonyl (C=O) groups excluding carboxylic acids is 2. The maximum Gasteiger partial charge on any atom is 0.257 e. The smallest absolute Gasteiger partial charge is 0.257 e. The van der Waals surface area contributed by atoms with E-state index in [-0.39, 0.29) is 11.8 Å². The second kappa shape index (κ2) is 6.51. The Balaban J connectivity index is 2.26. The monoisotopic (exact) mass is 380 g/mol. The summed E-state index contributed by atoms with van der Waals surface area (Å²) in [4.78, 5) is 23.5. The highest BCUT2D eigenvalue weighted by molar-refractivity contribution is 14.1. The van der Waals surface area contributed by atoms with Crippen LogP contribution in [0.25, 0.3) is 0 Å². The Hall–Kier alpha value is -1.89. The van der Waals surface area contributed by atoms with Crippen LogP contribution in [0.5, 0.6) is 0 Å². The molecule has 20 heavy (non-hydrogen) atoms. The molecule has 0 radical (unpaired) electrons. The quantitative estimate of drug-likeness (QED) is 0.801. The van der Waals surface area contributed by atoms with E-state index in [2.05, 4.69) is 33.2 Å². The number of nitrogens with one attached hydrogen (secondary N) is 2. The van der Waals surface area contributed by atoms with E-state index in [0.717, 1.165) is 9.26 Å². The highest BCUT2D eigenvalue weighted by Crippen LogP contribution is 2.20. The molecular formula is C15H13IN2O2.